The van der Waals surface area contributed by atoms with Crippen LogP contribution in [-0.4, -0.2) is 33.6 Å². The molecular weight excluding hydrogens is 286 g/mol. The van der Waals surface area contributed by atoms with E-state index in [9.17, 15) is 8.42 Å². The summed E-state index contributed by atoms with van der Waals surface area (Å²) in [7, 11) is -3.42. The first-order valence-electron chi connectivity index (χ1n) is 7.44. The SMILES string of the molecule is CC(C)NS(=O)(=O)c1ccc(N2CCC(C)C2CN)cc1. The molecule has 1 aliphatic heterocycles. The van der Waals surface area contributed by atoms with E-state index in [1.54, 1.807) is 12.1 Å². The minimum absolute atomic E-state index is 0.115. The van der Waals surface area contributed by atoms with Crippen LogP contribution in [-0.2, 0) is 10.0 Å². The second-order valence-electron chi connectivity index (χ2n) is 6.03. The standard InChI is InChI=1S/C15H25N3O2S/c1-11(2)17-21(19,20)14-6-4-13(5-7-14)18-9-8-12(3)15(18)10-16/h4-7,11-12,15,17H,8-10,16H2,1-3H3. The lowest BCUT2D eigenvalue weighted by Crippen LogP contribution is -2.38. The van der Waals surface area contributed by atoms with Gasteiger partial charge in [0, 0.05) is 30.9 Å². The largest absolute Gasteiger partial charge is 0.367 e. The van der Waals surface area contributed by atoms with Gasteiger partial charge in [-0.15, -0.1) is 0 Å². The van der Waals surface area contributed by atoms with Gasteiger partial charge in [0.25, 0.3) is 0 Å². The van der Waals surface area contributed by atoms with E-state index in [1.165, 1.54) is 0 Å². The Balaban J connectivity index is 2.20. The predicted octanol–water partition coefficient (Wildman–Crippen LogP) is 1.55. The van der Waals surface area contributed by atoms with Crippen molar-refractivity contribution in [2.45, 2.75) is 44.2 Å². The van der Waals surface area contributed by atoms with Crippen molar-refractivity contribution in [2.24, 2.45) is 11.7 Å². The number of anilines is 1. The fourth-order valence-electron chi connectivity index (χ4n) is 2.88. The molecule has 118 valence electrons. The van der Waals surface area contributed by atoms with Crippen LogP contribution in [0.15, 0.2) is 29.2 Å². The lowest BCUT2D eigenvalue weighted by atomic mass is 10.0. The van der Waals surface area contributed by atoms with E-state index in [2.05, 4.69) is 16.5 Å². The topological polar surface area (TPSA) is 75.4 Å². The fraction of sp³-hybridized carbons (Fsp3) is 0.600. The smallest absolute Gasteiger partial charge is 0.240 e. The number of rotatable bonds is 5. The molecule has 5 nitrogen and oxygen atoms in total. The highest BCUT2D eigenvalue weighted by Crippen LogP contribution is 2.29. The second kappa shape index (κ2) is 6.34. The van der Waals surface area contributed by atoms with E-state index in [-0.39, 0.29) is 6.04 Å². The highest BCUT2D eigenvalue weighted by atomic mass is 32.2. The zero-order valence-corrected chi connectivity index (χ0v) is 13.7. The first kappa shape index (κ1) is 16.3. The maximum atomic E-state index is 12.1. The molecule has 1 aromatic rings. The Kier molecular flexibility index (Phi) is 4.91. The molecule has 0 aromatic heterocycles. The Bertz CT molecular complexity index is 569. The molecule has 1 fully saturated rings. The molecule has 1 saturated heterocycles. The van der Waals surface area contributed by atoms with Crippen molar-refractivity contribution in [2.75, 3.05) is 18.0 Å². The average Bonchev–Trinajstić information content (AvgIpc) is 2.78. The second-order valence-corrected chi connectivity index (χ2v) is 7.75. The maximum Gasteiger partial charge on any atom is 0.240 e. The highest BCUT2D eigenvalue weighted by molar-refractivity contribution is 7.89. The minimum Gasteiger partial charge on any atom is -0.367 e. The summed E-state index contributed by atoms with van der Waals surface area (Å²) in [5.41, 5.74) is 6.90. The van der Waals surface area contributed by atoms with Gasteiger partial charge in [0.15, 0.2) is 0 Å². The van der Waals surface area contributed by atoms with Crippen LogP contribution in [0.25, 0.3) is 0 Å². The Labute approximate surface area is 127 Å². The highest BCUT2D eigenvalue weighted by Gasteiger charge is 2.30. The molecule has 21 heavy (non-hydrogen) atoms. The van der Waals surface area contributed by atoms with E-state index in [0.717, 1.165) is 18.7 Å². The Hall–Kier alpha value is -1.11. The van der Waals surface area contributed by atoms with Crippen molar-refractivity contribution in [1.29, 1.82) is 0 Å². The van der Waals surface area contributed by atoms with Crippen LogP contribution in [0, 0.1) is 5.92 Å². The molecular formula is C15H25N3O2S. The molecule has 1 heterocycles. The lowest BCUT2D eigenvalue weighted by Gasteiger charge is -2.28. The number of benzene rings is 1. The van der Waals surface area contributed by atoms with Gasteiger partial charge in [0.1, 0.15) is 0 Å². The molecule has 0 saturated carbocycles. The summed E-state index contributed by atoms with van der Waals surface area (Å²) in [6.07, 6.45) is 1.12. The van der Waals surface area contributed by atoms with Crippen LogP contribution < -0.4 is 15.4 Å². The third-order valence-corrected chi connectivity index (χ3v) is 5.67. The molecule has 0 aliphatic carbocycles. The van der Waals surface area contributed by atoms with Crippen LogP contribution in [0.5, 0.6) is 0 Å². The average molecular weight is 311 g/mol. The van der Waals surface area contributed by atoms with Gasteiger partial charge in [-0.25, -0.2) is 13.1 Å². The summed E-state index contributed by atoms with van der Waals surface area (Å²) in [5.74, 6) is 0.570. The van der Waals surface area contributed by atoms with E-state index in [4.69, 9.17) is 5.73 Å². The van der Waals surface area contributed by atoms with Gasteiger partial charge in [-0.1, -0.05) is 6.92 Å². The van der Waals surface area contributed by atoms with Crippen LogP contribution in [0.2, 0.25) is 0 Å². The molecule has 0 bridgehead atoms. The zero-order valence-electron chi connectivity index (χ0n) is 12.9. The van der Waals surface area contributed by atoms with Gasteiger partial charge in [0.05, 0.1) is 4.90 Å². The zero-order chi connectivity index (χ0) is 15.6. The molecule has 2 rings (SSSR count). The summed E-state index contributed by atoms with van der Waals surface area (Å²) in [6.45, 7) is 7.42. The molecule has 0 spiro atoms. The summed E-state index contributed by atoms with van der Waals surface area (Å²) < 4.78 is 26.8. The molecule has 3 N–H and O–H groups in total. The third-order valence-electron chi connectivity index (χ3n) is 3.99. The molecule has 1 aromatic carbocycles. The van der Waals surface area contributed by atoms with Crippen molar-refractivity contribution in [3.63, 3.8) is 0 Å². The van der Waals surface area contributed by atoms with Crippen LogP contribution in [0.3, 0.4) is 0 Å². The van der Waals surface area contributed by atoms with Crippen LogP contribution >= 0.6 is 0 Å². The van der Waals surface area contributed by atoms with Crippen molar-refractivity contribution in [3.8, 4) is 0 Å². The quantitative estimate of drug-likeness (QED) is 0.865. The number of nitrogens with two attached hydrogens (primary N) is 1. The van der Waals surface area contributed by atoms with Crippen molar-refractivity contribution >= 4 is 15.7 Å². The number of nitrogens with zero attached hydrogens (tertiary/aromatic N) is 1. The van der Waals surface area contributed by atoms with E-state index in [1.807, 2.05) is 26.0 Å². The number of sulfonamides is 1. The molecule has 1 aliphatic rings. The lowest BCUT2D eigenvalue weighted by molar-refractivity contribution is 0.519. The Morgan fingerprint density at radius 3 is 2.48 bits per heavy atom. The molecule has 0 amide bonds. The van der Waals surface area contributed by atoms with Gasteiger partial charge >= 0.3 is 0 Å². The summed E-state index contributed by atoms with van der Waals surface area (Å²) >= 11 is 0. The van der Waals surface area contributed by atoms with Gasteiger partial charge in [0.2, 0.25) is 10.0 Å². The number of nitrogens with one attached hydrogen (secondary N) is 1. The summed E-state index contributed by atoms with van der Waals surface area (Å²) in [6, 6.07) is 7.29. The van der Waals surface area contributed by atoms with E-state index >= 15 is 0 Å². The van der Waals surface area contributed by atoms with Crippen molar-refractivity contribution < 1.29 is 8.42 Å². The van der Waals surface area contributed by atoms with Gasteiger partial charge < -0.3 is 10.6 Å². The third kappa shape index (κ3) is 3.56. The first-order chi connectivity index (χ1) is 9.85. The first-order valence-corrected chi connectivity index (χ1v) is 8.92. The Morgan fingerprint density at radius 1 is 1.33 bits per heavy atom. The molecule has 0 radical (unpaired) electrons. The van der Waals surface area contributed by atoms with Crippen molar-refractivity contribution in [3.05, 3.63) is 24.3 Å². The van der Waals surface area contributed by atoms with Crippen LogP contribution in [0.1, 0.15) is 27.2 Å². The molecule has 6 heteroatoms. The summed E-state index contributed by atoms with van der Waals surface area (Å²) in [5, 5.41) is 0. The molecule has 2 unspecified atom stereocenters. The van der Waals surface area contributed by atoms with Gasteiger partial charge in [-0.2, -0.15) is 0 Å². The van der Waals surface area contributed by atoms with Gasteiger partial charge in [-0.3, -0.25) is 0 Å². The molecule has 2 atom stereocenters. The van der Waals surface area contributed by atoms with Crippen molar-refractivity contribution in [1.82, 2.24) is 4.72 Å². The predicted molar refractivity (Wildman–Crippen MR) is 85.9 cm³/mol. The van der Waals surface area contributed by atoms with E-state index in [0.29, 0.717) is 23.4 Å². The minimum atomic E-state index is -3.42. The normalized spacial score (nSPS) is 23.0. The fourth-order valence-corrected chi connectivity index (χ4v) is 4.13. The number of hydrogen-bond donors (Lipinski definition) is 2. The summed E-state index contributed by atoms with van der Waals surface area (Å²) in [4.78, 5) is 2.58. The number of hydrogen-bond acceptors (Lipinski definition) is 4. The maximum absolute atomic E-state index is 12.1. The van der Waals surface area contributed by atoms with Gasteiger partial charge in [-0.05, 0) is 50.5 Å². The van der Waals surface area contributed by atoms with E-state index < -0.39 is 10.0 Å². The Morgan fingerprint density at radius 2 is 1.95 bits per heavy atom. The monoisotopic (exact) mass is 311 g/mol. The van der Waals surface area contributed by atoms with Crippen LogP contribution in [0.4, 0.5) is 5.69 Å².